The van der Waals surface area contributed by atoms with Crippen molar-refractivity contribution in [2.75, 3.05) is 40.0 Å². The number of nitrogens with zero attached hydrogens (tertiary/aromatic N) is 1. The normalized spacial score (nSPS) is 21.7. The van der Waals surface area contributed by atoms with Gasteiger partial charge < -0.3 is 14.6 Å². The van der Waals surface area contributed by atoms with Crippen molar-refractivity contribution in [2.24, 2.45) is 0 Å². The van der Waals surface area contributed by atoms with E-state index in [4.69, 9.17) is 9.47 Å². The highest BCUT2D eigenvalue weighted by Gasteiger charge is 2.26. The topological polar surface area (TPSA) is 59.0 Å². The highest BCUT2D eigenvalue weighted by molar-refractivity contribution is 5.73. The lowest BCUT2D eigenvalue weighted by Crippen LogP contribution is -2.42. The Labute approximate surface area is 109 Å². The van der Waals surface area contributed by atoms with Gasteiger partial charge in [0.2, 0.25) is 0 Å². The molecule has 1 unspecified atom stereocenters. The van der Waals surface area contributed by atoms with Gasteiger partial charge in [-0.2, -0.15) is 0 Å². The van der Waals surface area contributed by atoms with E-state index in [0.29, 0.717) is 26.4 Å². The molecule has 0 bridgehead atoms. The zero-order valence-corrected chi connectivity index (χ0v) is 11.3. The molecule has 1 N–H and O–H groups in total. The standard InChI is InChI=1S/C13H25NO4/c1-17-9-5-10-18-11-8-14-7-4-2-3-6-12(14)13(15)16/h12H,2-11H2,1H3,(H,15,16). The summed E-state index contributed by atoms with van der Waals surface area (Å²) in [5.41, 5.74) is 0. The predicted molar refractivity (Wildman–Crippen MR) is 68.8 cm³/mol. The second-order valence-corrected chi connectivity index (χ2v) is 4.70. The molecule has 18 heavy (non-hydrogen) atoms. The van der Waals surface area contributed by atoms with Crippen LogP contribution < -0.4 is 0 Å². The van der Waals surface area contributed by atoms with Gasteiger partial charge in [-0.1, -0.05) is 12.8 Å². The van der Waals surface area contributed by atoms with E-state index in [9.17, 15) is 9.90 Å². The molecule has 0 spiro atoms. The summed E-state index contributed by atoms with van der Waals surface area (Å²) in [4.78, 5) is 13.2. The second-order valence-electron chi connectivity index (χ2n) is 4.70. The Balaban J connectivity index is 2.22. The van der Waals surface area contributed by atoms with Gasteiger partial charge in [-0.3, -0.25) is 9.69 Å². The predicted octanol–water partition coefficient (Wildman–Crippen LogP) is 1.37. The van der Waals surface area contributed by atoms with E-state index in [1.165, 1.54) is 0 Å². The van der Waals surface area contributed by atoms with Crippen LogP contribution in [0.3, 0.4) is 0 Å². The summed E-state index contributed by atoms with van der Waals surface area (Å²) in [7, 11) is 1.68. The lowest BCUT2D eigenvalue weighted by molar-refractivity contribution is -0.143. The number of aliphatic carboxylic acids is 1. The summed E-state index contributed by atoms with van der Waals surface area (Å²) >= 11 is 0. The first-order chi connectivity index (χ1) is 8.75. The molecule has 0 aromatic rings. The van der Waals surface area contributed by atoms with Crippen molar-refractivity contribution in [1.29, 1.82) is 0 Å². The van der Waals surface area contributed by atoms with E-state index in [-0.39, 0.29) is 6.04 Å². The number of likely N-dealkylation sites (tertiary alicyclic amines) is 1. The second kappa shape index (κ2) is 9.30. The summed E-state index contributed by atoms with van der Waals surface area (Å²) in [5, 5.41) is 9.21. The van der Waals surface area contributed by atoms with Gasteiger partial charge in [-0.05, 0) is 25.8 Å². The maximum atomic E-state index is 11.2. The lowest BCUT2D eigenvalue weighted by atomic mass is 10.1. The highest BCUT2D eigenvalue weighted by Crippen LogP contribution is 2.16. The molecule has 1 atom stereocenters. The summed E-state index contributed by atoms with van der Waals surface area (Å²) in [6.07, 6.45) is 4.89. The fraction of sp³-hybridized carbons (Fsp3) is 0.923. The first-order valence-electron chi connectivity index (χ1n) is 6.79. The van der Waals surface area contributed by atoms with E-state index in [0.717, 1.165) is 38.6 Å². The van der Waals surface area contributed by atoms with Crippen LogP contribution in [0.2, 0.25) is 0 Å². The van der Waals surface area contributed by atoms with Crippen molar-refractivity contribution in [3.05, 3.63) is 0 Å². The molecular formula is C13H25NO4. The van der Waals surface area contributed by atoms with E-state index in [2.05, 4.69) is 0 Å². The Kier molecular flexibility index (Phi) is 7.96. The van der Waals surface area contributed by atoms with Crippen molar-refractivity contribution >= 4 is 5.97 Å². The summed E-state index contributed by atoms with van der Waals surface area (Å²) in [6.45, 7) is 3.58. The third-order valence-electron chi connectivity index (χ3n) is 3.31. The Bertz CT molecular complexity index is 235. The molecule has 0 aromatic heterocycles. The van der Waals surface area contributed by atoms with Gasteiger partial charge in [-0.25, -0.2) is 0 Å². The van der Waals surface area contributed by atoms with Crippen LogP contribution in [0.15, 0.2) is 0 Å². The molecule has 1 aliphatic heterocycles. The van der Waals surface area contributed by atoms with Crippen LogP contribution in [0.5, 0.6) is 0 Å². The molecule has 106 valence electrons. The molecule has 5 heteroatoms. The molecule has 0 saturated carbocycles. The maximum Gasteiger partial charge on any atom is 0.320 e. The van der Waals surface area contributed by atoms with Crippen molar-refractivity contribution in [3.8, 4) is 0 Å². The summed E-state index contributed by atoms with van der Waals surface area (Å²) in [6, 6.07) is -0.324. The monoisotopic (exact) mass is 259 g/mol. The molecule has 1 heterocycles. The fourth-order valence-corrected chi connectivity index (χ4v) is 2.30. The maximum absolute atomic E-state index is 11.2. The molecule has 0 aliphatic carbocycles. The van der Waals surface area contributed by atoms with Gasteiger partial charge in [0.15, 0.2) is 0 Å². The molecule has 5 nitrogen and oxygen atoms in total. The van der Waals surface area contributed by atoms with Crippen molar-refractivity contribution in [3.63, 3.8) is 0 Å². The number of carboxylic acid groups (broad SMARTS) is 1. The molecule has 0 amide bonds. The number of rotatable bonds is 8. The first kappa shape index (κ1) is 15.4. The molecule has 1 rings (SSSR count). The lowest BCUT2D eigenvalue weighted by Gasteiger charge is -2.26. The summed E-state index contributed by atoms with van der Waals surface area (Å²) in [5.74, 6) is -0.698. The van der Waals surface area contributed by atoms with Crippen LogP contribution in [-0.4, -0.2) is 62.0 Å². The Morgan fingerprint density at radius 1 is 1.28 bits per heavy atom. The van der Waals surface area contributed by atoms with Crippen molar-refractivity contribution in [2.45, 2.75) is 38.1 Å². The van der Waals surface area contributed by atoms with E-state index < -0.39 is 5.97 Å². The fourth-order valence-electron chi connectivity index (χ4n) is 2.30. The molecular weight excluding hydrogens is 234 g/mol. The minimum absolute atomic E-state index is 0.324. The molecule has 1 aliphatic rings. The molecule has 0 radical (unpaired) electrons. The van der Waals surface area contributed by atoms with Crippen LogP contribution in [0, 0.1) is 0 Å². The van der Waals surface area contributed by atoms with Crippen LogP contribution >= 0.6 is 0 Å². The van der Waals surface area contributed by atoms with Gasteiger partial charge in [0, 0.05) is 26.9 Å². The van der Waals surface area contributed by atoms with Gasteiger partial charge in [0.25, 0.3) is 0 Å². The number of hydrogen-bond acceptors (Lipinski definition) is 4. The van der Waals surface area contributed by atoms with Crippen molar-refractivity contribution < 1.29 is 19.4 Å². The number of carboxylic acids is 1. The number of carbonyl (C=O) groups is 1. The van der Waals surface area contributed by atoms with Crippen LogP contribution in [0.4, 0.5) is 0 Å². The van der Waals surface area contributed by atoms with Crippen LogP contribution in [0.1, 0.15) is 32.1 Å². The minimum atomic E-state index is -0.698. The minimum Gasteiger partial charge on any atom is -0.480 e. The zero-order valence-electron chi connectivity index (χ0n) is 11.3. The third kappa shape index (κ3) is 5.80. The Hall–Kier alpha value is -0.650. The zero-order chi connectivity index (χ0) is 13.2. The first-order valence-corrected chi connectivity index (χ1v) is 6.79. The van der Waals surface area contributed by atoms with E-state index in [1.54, 1.807) is 7.11 Å². The van der Waals surface area contributed by atoms with E-state index >= 15 is 0 Å². The third-order valence-corrected chi connectivity index (χ3v) is 3.31. The molecule has 0 aromatic carbocycles. The SMILES string of the molecule is COCCCOCCN1CCCCCC1C(=O)O. The van der Waals surface area contributed by atoms with E-state index in [1.807, 2.05) is 4.90 Å². The number of hydrogen-bond donors (Lipinski definition) is 1. The summed E-state index contributed by atoms with van der Waals surface area (Å²) < 4.78 is 10.4. The molecule has 1 saturated heterocycles. The van der Waals surface area contributed by atoms with Gasteiger partial charge >= 0.3 is 5.97 Å². The van der Waals surface area contributed by atoms with Crippen LogP contribution in [-0.2, 0) is 14.3 Å². The van der Waals surface area contributed by atoms with Crippen LogP contribution in [0.25, 0.3) is 0 Å². The Morgan fingerprint density at radius 2 is 2.11 bits per heavy atom. The number of methoxy groups -OCH3 is 1. The Morgan fingerprint density at radius 3 is 2.83 bits per heavy atom. The largest absolute Gasteiger partial charge is 0.480 e. The van der Waals surface area contributed by atoms with Gasteiger partial charge in [-0.15, -0.1) is 0 Å². The van der Waals surface area contributed by atoms with Gasteiger partial charge in [0.05, 0.1) is 6.61 Å². The quantitative estimate of drug-likeness (QED) is 0.667. The smallest absolute Gasteiger partial charge is 0.320 e. The molecule has 1 fully saturated rings. The number of ether oxygens (including phenoxy) is 2. The van der Waals surface area contributed by atoms with Crippen molar-refractivity contribution in [1.82, 2.24) is 4.90 Å². The average Bonchev–Trinajstić information content (AvgIpc) is 2.59. The average molecular weight is 259 g/mol. The van der Waals surface area contributed by atoms with Gasteiger partial charge in [0.1, 0.15) is 6.04 Å². The highest BCUT2D eigenvalue weighted by atomic mass is 16.5.